The first-order chi connectivity index (χ1) is 63.7. The van der Waals surface area contributed by atoms with Crippen molar-refractivity contribution in [2.45, 2.75) is 41.5 Å². The fraction of sp³-hybridized carbons (Fsp3) is 0.0496. The molecule has 130 heavy (non-hydrogen) atoms. The molecule has 0 bridgehead atoms. The Morgan fingerprint density at radius 1 is 0.108 bits per heavy atom. The lowest BCUT2D eigenvalue weighted by Gasteiger charge is -2.14. The lowest BCUT2D eigenvalue weighted by Crippen LogP contribution is -1.96. The number of aryl methyl sites for hydroxylation is 6. The number of nitrogens with zero attached hydrogens (tertiary/aromatic N) is 9. The minimum Gasteiger partial charge on any atom is -0.248 e. The fourth-order valence-electron chi connectivity index (χ4n) is 17.3. The van der Waals surface area contributed by atoms with Gasteiger partial charge in [0.1, 0.15) is 0 Å². The largest absolute Gasteiger partial charge is 0.248 e. The van der Waals surface area contributed by atoms with Crippen LogP contribution in [0.4, 0.5) is 0 Å². The van der Waals surface area contributed by atoms with Crippen LogP contribution in [0.2, 0.25) is 0 Å². The highest BCUT2D eigenvalue weighted by atomic mass is 14.9. The van der Waals surface area contributed by atoms with E-state index in [4.69, 9.17) is 24.9 Å². The van der Waals surface area contributed by atoms with Gasteiger partial charge in [-0.1, -0.05) is 315 Å². The van der Waals surface area contributed by atoms with E-state index in [-0.39, 0.29) is 0 Å². The highest BCUT2D eigenvalue weighted by Gasteiger charge is 2.20. The lowest BCUT2D eigenvalue weighted by atomic mass is 9.91. The van der Waals surface area contributed by atoms with Crippen molar-refractivity contribution in [3.05, 3.63) is 465 Å². The smallest absolute Gasteiger partial charge is 0.159 e. The second-order valence-electron chi connectivity index (χ2n) is 33.3. The van der Waals surface area contributed by atoms with Crippen LogP contribution >= 0.6 is 0 Å². The van der Waals surface area contributed by atoms with E-state index in [1.165, 1.54) is 48.7 Å². The van der Waals surface area contributed by atoms with E-state index < -0.39 is 0 Å². The Morgan fingerprint density at radius 2 is 0.292 bits per heavy atom. The van der Waals surface area contributed by atoms with Crippen molar-refractivity contribution in [3.8, 4) is 168 Å². The highest BCUT2D eigenvalue weighted by molar-refractivity contribution is 5.95. The van der Waals surface area contributed by atoms with Gasteiger partial charge in [-0.3, -0.25) is 0 Å². The predicted octanol–water partition coefficient (Wildman–Crippen LogP) is 31.1. The molecule has 6 heterocycles. The van der Waals surface area contributed by atoms with Gasteiger partial charge in [0.2, 0.25) is 0 Å². The number of fused-ring (bicyclic) bond motifs is 4. The Balaban J connectivity index is 0.000000123. The Kier molecular flexibility index (Phi) is 22.9. The quantitative estimate of drug-likeness (QED) is 0.0989. The zero-order chi connectivity index (χ0) is 88.0. The molecule has 6 aromatic heterocycles. The third-order valence-corrected chi connectivity index (χ3v) is 23.7. The molecule has 0 amide bonds. The third kappa shape index (κ3) is 18.4. The summed E-state index contributed by atoms with van der Waals surface area (Å²) in [6, 6.07) is 152. The molecule has 0 N–H and O–H groups in total. The lowest BCUT2D eigenvalue weighted by molar-refractivity contribution is 1.06. The number of aromatic nitrogens is 9. The Hall–Kier alpha value is -16.8. The molecule has 618 valence electrons. The van der Waals surface area contributed by atoms with Gasteiger partial charge in [-0.05, 0) is 267 Å². The van der Waals surface area contributed by atoms with Crippen molar-refractivity contribution in [1.82, 2.24) is 44.9 Å². The zero-order valence-electron chi connectivity index (χ0n) is 73.0. The SMILES string of the molecule is Cc1cc(C)nc(-c2cc(-c3cc(-c4ccccc4)nc(-c4ccccc4)c3)cc(-c3ccc4ccccc4c3)c2)n1.Cc1cc(C)nc(-c2ccc(-c3cc(-c4cc(-c5ccccc5)nc(-c5ccccc5)c4)cc(-c4ccc5ccccc5c4)c3)cc2)n1.Cc1cc(C)nc(-c2ccc(-c3cc(-c4ccc5ccccc5c4)nc(-c4ccc5ccccc5c4)c3)cc2)n1. The fourth-order valence-corrected chi connectivity index (χ4v) is 17.3. The van der Waals surface area contributed by atoms with Crippen molar-refractivity contribution < 1.29 is 0 Å². The average Bonchev–Trinajstić information content (AvgIpc) is 0.784. The van der Waals surface area contributed by atoms with Gasteiger partial charge in [-0.2, -0.15) is 0 Å². The van der Waals surface area contributed by atoms with Crippen LogP contribution in [0.1, 0.15) is 34.2 Å². The van der Waals surface area contributed by atoms with E-state index in [0.717, 1.165) is 197 Å². The van der Waals surface area contributed by atoms with Crippen LogP contribution in [0, 0.1) is 41.5 Å². The molecule has 9 heteroatoms. The van der Waals surface area contributed by atoms with Crippen molar-refractivity contribution >= 4 is 43.1 Å². The molecule has 0 aliphatic heterocycles. The standard InChI is InChI=1S/C45H33N3.C39H29N3.C37H27N3/c1-30-23-31(2)47-45(46-30)36-20-17-33(18-21-36)39-25-40(38-22-19-32-11-9-10-16-37(32)24-38)27-41(26-39)42-28-43(34-12-5-3-6-13-34)48-44(29-42)35-14-7-4-8-15-35;1-26-19-27(2)41-39(40-26)36-22-33(32-18-17-28-11-9-10-16-31(28)20-32)21-34(23-36)35-24-37(29-12-5-3-6-13-29)42-38(25-35)30-14-7-4-8-15-30;1-24-19-25(2)39-37(38-24)29-15-11-28(12-16-29)34-22-35(32-17-13-26-7-3-5-9-30(26)20-32)40-36(23-34)33-18-14-27-8-4-6-10-31(27)21-33/h3-29H,1-2H3;3-25H,1-2H3;3-23H,1-2H3. The Morgan fingerprint density at radius 3 is 0.577 bits per heavy atom. The number of hydrogen-bond acceptors (Lipinski definition) is 9. The third-order valence-electron chi connectivity index (χ3n) is 23.7. The van der Waals surface area contributed by atoms with Crippen molar-refractivity contribution in [2.75, 3.05) is 0 Å². The summed E-state index contributed by atoms with van der Waals surface area (Å²) in [7, 11) is 0. The summed E-state index contributed by atoms with van der Waals surface area (Å²) >= 11 is 0. The maximum Gasteiger partial charge on any atom is 0.159 e. The summed E-state index contributed by atoms with van der Waals surface area (Å²) in [6.07, 6.45) is 0. The van der Waals surface area contributed by atoms with Crippen LogP contribution in [0.15, 0.2) is 431 Å². The van der Waals surface area contributed by atoms with Gasteiger partial charge >= 0.3 is 0 Å². The first-order valence-electron chi connectivity index (χ1n) is 44.0. The molecule has 0 aliphatic rings. The van der Waals surface area contributed by atoms with Crippen LogP contribution < -0.4 is 0 Å². The van der Waals surface area contributed by atoms with Gasteiger partial charge in [-0.25, -0.2) is 44.9 Å². The molecule has 0 radical (unpaired) electrons. The highest BCUT2D eigenvalue weighted by Crippen LogP contribution is 2.42. The molecule has 0 aliphatic carbocycles. The van der Waals surface area contributed by atoms with E-state index in [0.29, 0.717) is 0 Å². The van der Waals surface area contributed by atoms with Gasteiger partial charge in [0.15, 0.2) is 17.5 Å². The van der Waals surface area contributed by atoms with E-state index in [9.17, 15) is 0 Å². The molecule has 0 fully saturated rings. The minimum atomic E-state index is 0.733. The van der Waals surface area contributed by atoms with Crippen LogP contribution in [0.3, 0.4) is 0 Å². The molecular weight excluding hydrogens is 1580 g/mol. The number of benzene rings is 16. The van der Waals surface area contributed by atoms with E-state index in [1.54, 1.807) is 0 Å². The topological polar surface area (TPSA) is 116 Å². The molecule has 0 saturated heterocycles. The number of hydrogen-bond donors (Lipinski definition) is 0. The van der Waals surface area contributed by atoms with Crippen molar-refractivity contribution in [2.24, 2.45) is 0 Å². The van der Waals surface area contributed by atoms with Crippen LogP contribution in [0.25, 0.3) is 212 Å². The monoisotopic (exact) mass is 1670 g/mol. The summed E-state index contributed by atoms with van der Waals surface area (Å²) in [4.78, 5) is 43.7. The summed E-state index contributed by atoms with van der Waals surface area (Å²) in [5, 5.41) is 9.75. The molecule has 22 aromatic rings. The molecule has 16 aromatic carbocycles. The molecule has 0 spiro atoms. The minimum absolute atomic E-state index is 0.733. The Labute approximate surface area is 757 Å². The average molecular weight is 1670 g/mol. The summed E-state index contributed by atoms with van der Waals surface area (Å²) < 4.78 is 0. The van der Waals surface area contributed by atoms with Gasteiger partial charge in [0, 0.05) is 84.2 Å². The molecule has 0 unspecified atom stereocenters. The Bertz CT molecular complexity index is 7680. The number of pyridine rings is 3. The normalized spacial score (nSPS) is 11.2. The van der Waals surface area contributed by atoms with Gasteiger partial charge in [-0.15, -0.1) is 0 Å². The molecule has 0 atom stereocenters. The second kappa shape index (κ2) is 36.4. The van der Waals surface area contributed by atoms with Gasteiger partial charge < -0.3 is 0 Å². The van der Waals surface area contributed by atoms with Crippen molar-refractivity contribution in [1.29, 1.82) is 0 Å². The van der Waals surface area contributed by atoms with Crippen molar-refractivity contribution in [3.63, 3.8) is 0 Å². The van der Waals surface area contributed by atoms with Crippen LogP contribution in [-0.4, -0.2) is 44.9 Å². The summed E-state index contributed by atoms with van der Waals surface area (Å²) in [6.45, 7) is 12.1. The molecular formula is C121H89N9. The first-order valence-corrected chi connectivity index (χ1v) is 44.0. The predicted molar refractivity (Wildman–Crippen MR) is 539 cm³/mol. The maximum atomic E-state index is 5.18. The van der Waals surface area contributed by atoms with Crippen LogP contribution in [0.5, 0.6) is 0 Å². The maximum absolute atomic E-state index is 5.18. The van der Waals surface area contributed by atoms with E-state index in [1.807, 2.05) is 84.0 Å². The van der Waals surface area contributed by atoms with E-state index >= 15 is 0 Å². The number of rotatable bonds is 15. The molecule has 0 saturated carbocycles. The van der Waals surface area contributed by atoms with Gasteiger partial charge in [0.25, 0.3) is 0 Å². The summed E-state index contributed by atoms with van der Waals surface area (Å²) in [5.74, 6) is 2.24. The molecule has 22 rings (SSSR count). The van der Waals surface area contributed by atoms with Crippen LogP contribution in [-0.2, 0) is 0 Å². The second-order valence-corrected chi connectivity index (χ2v) is 33.3. The first kappa shape index (κ1) is 81.6. The summed E-state index contributed by atoms with van der Waals surface area (Å²) in [5.41, 5.74) is 34.6. The molecule has 9 nitrogen and oxygen atoms in total. The van der Waals surface area contributed by atoms with E-state index in [2.05, 4.69) is 408 Å². The zero-order valence-corrected chi connectivity index (χ0v) is 73.0. The van der Waals surface area contributed by atoms with Gasteiger partial charge in [0.05, 0.1) is 34.2 Å².